The van der Waals surface area contributed by atoms with Gasteiger partial charge in [0.1, 0.15) is 29.6 Å². The molecular weight excluding hydrogens is 456 g/mol. The third-order valence-electron chi connectivity index (χ3n) is 5.40. The van der Waals surface area contributed by atoms with Crippen molar-refractivity contribution in [2.45, 2.75) is 26.7 Å². The van der Waals surface area contributed by atoms with Gasteiger partial charge in [-0.1, -0.05) is 5.16 Å². The fraction of sp³-hybridized carbons (Fsp3) is 0.208. The van der Waals surface area contributed by atoms with E-state index in [1.165, 1.54) is 18.2 Å². The van der Waals surface area contributed by atoms with Crippen LogP contribution in [0.25, 0.3) is 11.3 Å². The zero-order valence-electron chi connectivity index (χ0n) is 18.1. The number of aryl methyl sites for hydroxylation is 1. The maximum atomic E-state index is 15.0. The summed E-state index contributed by atoms with van der Waals surface area (Å²) in [6, 6.07) is 5.20. The van der Waals surface area contributed by atoms with Gasteiger partial charge >= 0.3 is 5.97 Å². The molecule has 2 aromatic carbocycles. The molecule has 2 heterocycles. The smallest absolute Gasteiger partial charge is 0.340 e. The number of rotatable bonds is 6. The number of benzene rings is 2. The lowest BCUT2D eigenvalue weighted by molar-refractivity contribution is -0.140. The monoisotopic (exact) mass is 474 g/mol. The van der Waals surface area contributed by atoms with E-state index in [0.29, 0.717) is 34.7 Å². The highest BCUT2D eigenvalue weighted by atomic mass is 19.2. The van der Waals surface area contributed by atoms with Crippen molar-refractivity contribution in [3.63, 3.8) is 0 Å². The van der Waals surface area contributed by atoms with Crippen LogP contribution < -0.4 is 4.74 Å². The standard InChI is InChI=1S/C24H18F4N2O4/c1-11-5-21(33-10-14-7-22(32)34-30-14)23(28)12(2)15(11)6-13-3-4-20(31)24(29-13)16-8-18(26)19(27)9-17(16)25/h3-5,8-9,31H,6-7,10H2,1-2H3. The van der Waals surface area contributed by atoms with Gasteiger partial charge in [0.15, 0.2) is 23.2 Å². The van der Waals surface area contributed by atoms with Gasteiger partial charge in [0.25, 0.3) is 0 Å². The Bertz CT molecular complexity index is 1340. The van der Waals surface area contributed by atoms with Gasteiger partial charge in [-0.3, -0.25) is 0 Å². The lowest BCUT2D eigenvalue weighted by Crippen LogP contribution is -2.12. The number of carbonyl (C=O) groups excluding carboxylic acids is 1. The Morgan fingerprint density at radius 1 is 1.06 bits per heavy atom. The molecule has 34 heavy (non-hydrogen) atoms. The topological polar surface area (TPSA) is 81.0 Å². The molecule has 0 unspecified atom stereocenters. The first-order valence-electron chi connectivity index (χ1n) is 10.1. The van der Waals surface area contributed by atoms with Crippen LogP contribution in [-0.2, 0) is 16.1 Å². The number of halogens is 4. The molecule has 176 valence electrons. The molecule has 0 fully saturated rings. The number of hydrogen-bond acceptors (Lipinski definition) is 6. The Hall–Kier alpha value is -3.95. The van der Waals surface area contributed by atoms with Crippen molar-refractivity contribution in [3.05, 3.63) is 76.0 Å². The summed E-state index contributed by atoms with van der Waals surface area (Å²) in [4.78, 5) is 19.8. The molecule has 0 spiro atoms. The molecule has 1 aromatic heterocycles. The predicted molar refractivity (Wildman–Crippen MR) is 114 cm³/mol. The Labute approximate surface area is 191 Å². The zero-order chi connectivity index (χ0) is 24.6. The van der Waals surface area contributed by atoms with Crippen LogP contribution in [0.4, 0.5) is 17.6 Å². The second-order valence-corrected chi connectivity index (χ2v) is 7.79. The molecule has 1 aliphatic heterocycles. The highest BCUT2D eigenvalue weighted by Crippen LogP contribution is 2.33. The average Bonchev–Trinajstić information content (AvgIpc) is 3.21. The van der Waals surface area contributed by atoms with Crippen LogP contribution in [0.15, 0.2) is 35.5 Å². The summed E-state index contributed by atoms with van der Waals surface area (Å²) in [6.07, 6.45) is 0.0908. The number of aromatic hydroxyl groups is 1. The molecule has 1 N–H and O–H groups in total. The molecule has 0 atom stereocenters. The van der Waals surface area contributed by atoms with Gasteiger partial charge in [-0.05, 0) is 54.8 Å². The SMILES string of the molecule is Cc1cc(OCC2=NOC(=O)C2)c(F)c(C)c1Cc1ccc(O)c(-c2cc(F)c(F)cc2F)n1. The summed E-state index contributed by atoms with van der Waals surface area (Å²) in [7, 11) is 0. The fourth-order valence-corrected chi connectivity index (χ4v) is 3.60. The molecule has 0 aliphatic carbocycles. The van der Waals surface area contributed by atoms with Crippen molar-refractivity contribution in [3.8, 4) is 22.8 Å². The molecule has 3 aromatic rings. The van der Waals surface area contributed by atoms with Crippen LogP contribution in [0.1, 0.15) is 28.8 Å². The van der Waals surface area contributed by atoms with Gasteiger partial charge < -0.3 is 14.7 Å². The van der Waals surface area contributed by atoms with Crippen molar-refractivity contribution in [2.24, 2.45) is 5.16 Å². The van der Waals surface area contributed by atoms with E-state index in [1.54, 1.807) is 13.8 Å². The molecule has 1 aliphatic rings. The second kappa shape index (κ2) is 9.12. The van der Waals surface area contributed by atoms with E-state index < -0.39 is 40.6 Å². The van der Waals surface area contributed by atoms with E-state index in [4.69, 9.17) is 4.74 Å². The molecule has 6 nitrogen and oxygen atoms in total. The molecular formula is C24H18F4N2O4. The van der Waals surface area contributed by atoms with Crippen molar-refractivity contribution in [1.82, 2.24) is 4.98 Å². The van der Waals surface area contributed by atoms with Crippen molar-refractivity contribution in [2.75, 3.05) is 6.61 Å². The minimum absolute atomic E-state index is 0.0227. The normalized spacial score (nSPS) is 13.1. The Morgan fingerprint density at radius 2 is 1.79 bits per heavy atom. The molecule has 0 saturated heterocycles. The van der Waals surface area contributed by atoms with Gasteiger partial charge in [0.2, 0.25) is 0 Å². The molecule has 0 radical (unpaired) electrons. The zero-order valence-corrected chi connectivity index (χ0v) is 18.1. The lowest BCUT2D eigenvalue weighted by atomic mass is 9.96. The summed E-state index contributed by atoms with van der Waals surface area (Å²) >= 11 is 0. The molecule has 10 heteroatoms. The van der Waals surface area contributed by atoms with E-state index >= 15 is 0 Å². The van der Waals surface area contributed by atoms with Gasteiger partial charge in [-0.25, -0.2) is 27.3 Å². The van der Waals surface area contributed by atoms with Gasteiger partial charge in [0.05, 0.1) is 6.42 Å². The van der Waals surface area contributed by atoms with E-state index in [0.717, 1.165) is 0 Å². The van der Waals surface area contributed by atoms with Crippen molar-refractivity contribution < 1.29 is 37.0 Å². The van der Waals surface area contributed by atoms with Crippen LogP contribution >= 0.6 is 0 Å². The largest absolute Gasteiger partial charge is 0.506 e. The molecule has 0 bridgehead atoms. The minimum atomic E-state index is -1.36. The number of carbonyl (C=O) groups is 1. The number of ether oxygens (including phenoxy) is 1. The van der Waals surface area contributed by atoms with Crippen molar-refractivity contribution >= 4 is 11.7 Å². The highest BCUT2D eigenvalue weighted by Gasteiger charge is 2.21. The molecule has 4 rings (SSSR count). The first-order chi connectivity index (χ1) is 16.1. The molecule has 0 amide bonds. The van der Waals surface area contributed by atoms with Crippen LogP contribution in [0.2, 0.25) is 0 Å². The van der Waals surface area contributed by atoms with Gasteiger partial charge in [-0.15, -0.1) is 0 Å². The number of pyridine rings is 1. The average molecular weight is 474 g/mol. The number of nitrogens with zero attached hydrogens (tertiary/aromatic N) is 2. The Kier molecular flexibility index (Phi) is 6.23. The Balaban J connectivity index is 1.62. The summed E-state index contributed by atoms with van der Waals surface area (Å²) in [5.41, 5.74) is 1.55. The Morgan fingerprint density at radius 3 is 2.50 bits per heavy atom. The minimum Gasteiger partial charge on any atom is -0.506 e. The third-order valence-corrected chi connectivity index (χ3v) is 5.40. The quantitative estimate of drug-likeness (QED) is 0.312. The maximum Gasteiger partial charge on any atom is 0.340 e. The van der Waals surface area contributed by atoms with Crippen LogP contribution in [-0.4, -0.2) is 28.4 Å². The van der Waals surface area contributed by atoms with Crippen molar-refractivity contribution in [1.29, 1.82) is 0 Å². The van der Waals surface area contributed by atoms with Crippen LogP contribution in [0, 0.1) is 37.1 Å². The second-order valence-electron chi connectivity index (χ2n) is 7.79. The summed E-state index contributed by atoms with van der Waals surface area (Å²) in [5.74, 6) is -5.30. The first-order valence-corrected chi connectivity index (χ1v) is 10.1. The maximum absolute atomic E-state index is 15.0. The predicted octanol–water partition coefficient (Wildman–Crippen LogP) is 4.90. The van der Waals surface area contributed by atoms with E-state index in [-0.39, 0.29) is 36.5 Å². The van der Waals surface area contributed by atoms with Gasteiger partial charge in [0, 0.05) is 23.7 Å². The first kappa shape index (κ1) is 23.2. The van der Waals surface area contributed by atoms with E-state index in [9.17, 15) is 27.5 Å². The van der Waals surface area contributed by atoms with Crippen LogP contribution in [0.3, 0.4) is 0 Å². The number of hydrogen-bond donors (Lipinski definition) is 1. The van der Waals surface area contributed by atoms with E-state index in [1.807, 2.05) is 0 Å². The number of oxime groups is 1. The highest BCUT2D eigenvalue weighted by molar-refractivity contribution is 6.02. The molecule has 0 saturated carbocycles. The summed E-state index contributed by atoms with van der Waals surface area (Å²) in [6.45, 7) is 3.19. The van der Waals surface area contributed by atoms with Crippen LogP contribution in [0.5, 0.6) is 11.5 Å². The number of aromatic nitrogens is 1. The van der Waals surface area contributed by atoms with Gasteiger partial charge in [-0.2, -0.15) is 0 Å². The fourth-order valence-electron chi connectivity index (χ4n) is 3.60. The van der Waals surface area contributed by atoms with E-state index in [2.05, 4.69) is 15.0 Å². The summed E-state index contributed by atoms with van der Waals surface area (Å²) in [5, 5.41) is 13.7. The lowest BCUT2D eigenvalue weighted by Gasteiger charge is -2.16. The third kappa shape index (κ3) is 4.57. The summed E-state index contributed by atoms with van der Waals surface area (Å²) < 4.78 is 61.6.